The van der Waals surface area contributed by atoms with Gasteiger partial charge in [0.15, 0.2) is 0 Å². The number of hydrogen-bond acceptors (Lipinski definition) is 1. The molecule has 0 amide bonds. The van der Waals surface area contributed by atoms with Gasteiger partial charge in [-0.3, -0.25) is 0 Å². The molecule has 1 N–H and O–H groups in total. The van der Waals surface area contributed by atoms with Gasteiger partial charge >= 0.3 is 5.97 Å². The largest absolute Gasteiger partial charge is 0.478 e. The van der Waals surface area contributed by atoms with Crippen molar-refractivity contribution in [3.8, 4) is 0 Å². The fourth-order valence-corrected chi connectivity index (χ4v) is 3.96. The second-order valence-corrected chi connectivity index (χ2v) is 6.52. The van der Waals surface area contributed by atoms with Crippen molar-refractivity contribution in [2.75, 3.05) is 0 Å². The molecule has 2 aromatic rings. The first-order chi connectivity index (χ1) is 10.6. The van der Waals surface area contributed by atoms with Crippen LogP contribution in [-0.4, -0.2) is 15.6 Å². The highest BCUT2D eigenvalue weighted by molar-refractivity contribution is 5.95. The van der Waals surface area contributed by atoms with Crippen LogP contribution in [0.4, 0.5) is 0 Å². The van der Waals surface area contributed by atoms with Crippen LogP contribution >= 0.6 is 0 Å². The number of carboxylic acids is 1. The summed E-state index contributed by atoms with van der Waals surface area (Å²) < 4.78 is 2.47. The average molecular weight is 299 g/mol. The van der Waals surface area contributed by atoms with Crippen LogP contribution in [0, 0.1) is 6.92 Å². The van der Waals surface area contributed by atoms with E-state index < -0.39 is 5.97 Å². The second kappa shape index (κ2) is 6.15. The molecule has 3 rings (SSSR count). The molecule has 3 heteroatoms. The third kappa shape index (κ3) is 2.53. The Morgan fingerprint density at radius 3 is 2.64 bits per heavy atom. The van der Waals surface area contributed by atoms with Gasteiger partial charge in [-0.25, -0.2) is 4.79 Å². The predicted molar refractivity (Wildman–Crippen MR) is 89.8 cm³/mol. The molecule has 22 heavy (non-hydrogen) atoms. The van der Waals surface area contributed by atoms with Gasteiger partial charge in [0.2, 0.25) is 0 Å². The maximum Gasteiger partial charge on any atom is 0.335 e. The lowest BCUT2D eigenvalue weighted by molar-refractivity contribution is 0.0697. The van der Waals surface area contributed by atoms with E-state index in [-0.39, 0.29) is 0 Å². The quantitative estimate of drug-likeness (QED) is 0.852. The van der Waals surface area contributed by atoms with Crippen molar-refractivity contribution in [1.29, 1.82) is 0 Å². The molecule has 0 unspecified atom stereocenters. The van der Waals surface area contributed by atoms with E-state index in [9.17, 15) is 9.90 Å². The molecule has 0 spiro atoms. The van der Waals surface area contributed by atoms with Gasteiger partial charge in [0.25, 0.3) is 0 Å². The summed E-state index contributed by atoms with van der Waals surface area (Å²) in [6, 6.07) is 6.14. The highest BCUT2D eigenvalue weighted by Gasteiger charge is 2.22. The Morgan fingerprint density at radius 2 is 2.00 bits per heavy atom. The molecule has 1 aliphatic rings. The lowest BCUT2D eigenvalue weighted by atomic mass is 9.94. The lowest BCUT2D eigenvalue weighted by Crippen LogP contribution is -2.15. The van der Waals surface area contributed by atoms with Crippen LogP contribution in [0.15, 0.2) is 18.2 Å². The van der Waals surface area contributed by atoms with Crippen molar-refractivity contribution in [3.63, 3.8) is 0 Å². The lowest BCUT2D eigenvalue weighted by Gasteiger charge is -2.27. The molecule has 0 saturated heterocycles. The third-order valence-electron chi connectivity index (χ3n) is 5.06. The summed E-state index contributed by atoms with van der Waals surface area (Å²) in [7, 11) is 0. The normalized spacial score (nSPS) is 16.3. The minimum Gasteiger partial charge on any atom is -0.478 e. The molecule has 0 radical (unpaired) electrons. The monoisotopic (exact) mass is 299 g/mol. The van der Waals surface area contributed by atoms with Crippen LogP contribution in [0.2, 0.25) is 0 Å². The number of hydrogen-bond donors (Lipinski definition) is 1. The second-order valence-electron chi connectivity index (χ2n) is 6.52. The number of aryl methyl sites for hydroxylation is 1. The van der Waals surface area contributed by atoms with E-state index in [1.807, 2.05) is 12.1 Å². The van der Waals surface area contributed by atoms with Gasteiger partial charge in [0, 0.05) is 22.6 Å². The topological polar surface area (TPSA) is 42.2 Å². The van der Waals surface area contributed by atoms with Crippen LogP contribution < -0.4 is 0 Å². The van der Waals surface area contributed by atoms with Crippen molar-refractivity contribution in [2.45, 2.75) is 64.8 Å². The van der Waals surface area contributed by atoms with Crippen LogP contribution in [0.3, 0.4) is 0 Å². The summed E-state index contributed by atoms with van der Waals surface area (Å²) in [4.78, 5) is 11.3. The van der Waals surface area contributed by atoms with Crippen molar-refractivity contribution >= 4 is 16.9 Å². The SMILES string of the molecule is CCCc1c(C)c2ccc(C(=O)O)cc2n1C1CCCCC1. The minimum atomic E-state index is -0.840. The molecule has 1 fully saturated rings. The fraction of sp³-hybridized carbons (Fsp3) is 0.526. The van der Waals surface area contributed by atoms with Crippen LogP contribution in [0.1, 0.15) is 73.1 Å². The van der Waals surface area contributed by atoms with Gasteiger partial charge < -0.3 is 9.67 Å². The van der Waals surface area contributed by atoms with Crippen LogP contribution in [0.5, 0.6) is 0 Å². The maximum absolute atomic E-state index is 11.3. The first kappa shape index (κ1) is 15.1. The van der Waals surface area contributed by atoms with Gasteiger partial charge in [-0.15, -0.1) is 0 Å². The van der Waals surface area contributed by atoms with Crippen molar-refractivity contribution in [2.24, 2.45) is 0 Å². The van der Waals surface area contributed by atoms with Gasteiger partial charge in [-0.05, 0) is 43.9 Å². The zero-order valence-corrected chi connectivity index (χ0v) is 13.6. The molecule has 1 aromatic carbocycles. The Morgan fingerprint density at radius 1 is 1.27 bits per heavy atom. The van der Waals surface area contributed by atoms with E-state index in [2.05, 4.69) is 18.4 Å². The molecular formula is C19H25NO2. The molecular weight excluding hydrogens is 274 g/mol. The Bertz CT molecular complexity index is 693. The minimum absolute atomic E-state index is 0.394. The van der Waals surface area contributed by atoms with E-state index >= 15 is 0 Å². The fourth-order valence-electron chi connectivity index (χ4n) is 3.96. The summed E-state index contributed by atoms with van der Waals surface area (Å²) in [5.74, 6) is -0.840. The smallest absolute Gasteiger partial charge is 0.335 e. The van der Waals surface area contributed by atoms with Crippen molar-refractivity contribution in [1.82, 2.24) is 4.57 Å². The molecule has 0 bridgehead atoms. The van der Waals surface area contributed by atoms with Gasteiger partial charge in [0.05, 0.1) is 5.56 Å². The Hall–Kier alpha value is -1.77. The van der Waals surface area contributed by atoms with E-state index in [1.165, 1.54) is 48.7 Å². The molecule has 1 saturated carbocycles. The zero-order valence-electron chi connectivity index (χ0n) is 13.6. The number of carbonyl (C=O) groups is 1. The number of benzene rings is 1. The maximum atomic E-state index is 11.3. The van der Waals surface area contributed by atoms with E-state index in [1.54, 1.807) is 6.07 Å². The van der Waals surface area contributed by atoms with E-state index in [4.69, 9.17) is 0 Å². The Labute approximate surface area is 131 Å². The molecule has 118 valence electrons. The van der Waals surface area contributed by atoms with Crippen molar-refractivity contribution < 1.29 is 9.90 Å². The summed E-state index contributed by atoms with van der Waals surface area (Å²) in [5, 5.41) is 10.5. The van der Waals surface area contributed by atoms with Crippen molar-refractivity contribution in [3.05, 3.63) is 35.0 Å². The first-order valence-corrected chi connectivity index (χ1v) is 8.50. The number of fused-ring (bicyclic) bond motifs is 1. The zero-order chi connectivity index (χ0) is 15.7. The summed E-state index contributed by atoms with van der Waals surface area (Å²) in [6.45, 7) is 4.40. The van der Waals surface area contributed by atoms with E-state index in [0.717, 1.165) is 18.4 Å². The standard InChI is InChI=1S/C19H25NO2/c1-3-7-17-13(2)16-11-10-14(19(21)22)12-18(16)20(17)15-8-5-4-6-9-15/h10-12,15H,3-9H2,1-2H3,(H,21,22). The number of aromatic nitrogens is 1. The van der Waals surface area contributed by atoms with Gasteiger partial charge in [-0.2, -0.15) is 0 Å². The Balaban J connectivity index is 2.21. The van der Waals surface area contributed by atoms with Gasteiger partial charge in [0.1, 0.15) is 0 Å². The Kier molecular flexibility index (Phi) is 4.23. The summed E-state index contributed by atoms with van der Waals surface area (Å²) in [6.07, 6.45) is 8.53. The number of aromatic carboxylic acids is 1. The number of carboxylic acid groups (broad SMARTS) is 1. The molecule has 3 nitrogen and oxygen atoms in total. The first-order valence-electron chi connectivity index (χ1n) is 8.50. The van der Waals surface area contributed by atoms with E-state index in [0.29, 0.717) is 11.6 Å². The van der Waals surface area contributed by atoms with Crippen LogP contribution in [0.25, 0.3) is 10.9 Å². The summed E-state index contributed by atoms with van der Waals surface area (Å²) in [5.41, 5.74) is 4.25. The van der Waals surface area contributed by atoms with Crippen LogP contribution in [-0.2, 0) is 6.42 Å². The predicted octanol–water partition coefficient (Wildman–Crippen LogP) is 5.11. The number of nitrogens with zero attached hydrogens (tertiary/aromatic N) is 1. The summed E-state index contributed by atoms with van der Waals surface area (Å²) >= 11 is 0. The highest BCUT2D eigenvalue weighted by atomic mass is 16.4. The average Bonchev–Trinajstić information content (AvgIpc) is 2.81. The van der Waals surface area contributed by atoms with Gasteiger partial charge in [-0.1, -0.05) is 38.7 Å². The molecule has 0 atom stereocenters. The molecule has 1 heterocycles. The number of rotatable bonds is 4. The molecule has 1 aromatic heterocycles. The highest BCUT2D eigenvalue weighted by Crippen LogP contribution is 2.36. The third-order valence-corrected chi connectivity index (χ3v) is 5.06. The molecule has 1 aliphatic carbocycles. The molecule has 0 aliphatic heterocycles.